The number of aromatic nitrogens is 5. The molecule has 0 aliphatic carbocycles. The molecular formula is C30H35FN8O2. The lowest BCUT2D eigenvalue weighted by Gasteiger charge is -2.23. The van der Waals surface area contributed by atoms with Gasteiger partial charge in [0, 0.05) is 73.8 Å². The van der Waals surface area contributed by atoms with E-state index >= 15 is 0 Å². The predicted molar refractivity (Wildman–Crippen MR) is 156 cm³/mol. The first-order valence-corrected chi connectivity index (χ1v) is 14.2. The zero-order valence-electron chi connectivity index (χ0n) is 23.4. The Morgan fingerprint density at radius 1 is 1.10 bits per heavy atom. The molecule has 5 heterocycles. The lowest BCUT2D eigenvalue weighted by Crippen LogP contribution is -2.32. The van der Waals surface area contributed by atoms with E-state index < -0.39 is 5.82 Å². The Morgan fingerprint density at radius 3 is 2.80 bits per heavy atom. The van der Waals surface area contributed by atoms with Gasteiger partial charge in [-0.2, -0.15) is 5.10 Å². The van der Waals surface area contributed by atoms with Crippen LogP contribution in [0, 0.1) is 5.82 Å². The van der Waals surface area contributed by atoms with Crippen LogP contribution in [-0.2, 0) is 4.74 Å². The highest BCUT2D eigenvalue weighted by Gasteiger charge is 2.26. The number of benzene rings is 1. The van der Waals surface area contributed by atoms with Crippen LogP contribution >= 0.6 is 0 Å². The van der Waals surface area contributed by atoms with Gasteiger partial charge >= 0.3 is 0 Å². The van der Waals surface area contributed by atoms with Crippen molar-refractivity contribution >= 4 is 17.3 Å². The van der Waals surface area contributed by atoms with Crippen molar-refractivity contribution in [2.45, 2.75) is 38.3 Å². The van der Waals surface area contributed by atoms with Gasteiger partial charge in [0.05, 0.1) is 24.9 Å². The Balaban J connectivity index is 1.31. The summed E-state index contributed by atoms with van der Waals surface area (Å²) in [5.41, 5.74) is 3.37. The molecule has 1 atom stereocenters. The molecular weight excluding hydrogens is 523 g/mol. The molecule has 2 saturated heterocycles. The van der Waals surface area contributed by atoms with Crippen molar-refractivity contribution in [2.75, 3.05) is 50.2 Å². The van der Waals surface area contributed by atoms with Gasteiger partial charge in [0.25, 0.3) is 0 Å². The van der Waals surface area contributed by atoms with E-state index in [9.17, 15) is 4.39 Å². The minimum atomic E-state index is -0.447. The molecule has 11 heteroatoms. The van der Waals surface area contributed by atoms with Crippen LogP contribution in [-0.4, -0.2) is 70.7 Å². The smallest absolute Gasteiger partial charge is 0.168 e. The first-order chi connectivity index (χ1) is 20.1. The van der Waals surface area contributed by atoms with Crippen molar-refractivity contribution in [2.24, 2.45) is 0 Å². The number of hydrogen-bond acceptors (Lipinski definition) is 9. The van der Waals surface area contributed by atoms with E-state index in [1.54, 1.807) is 24.4 Å². The normalized spacial score (nSPS) is 17.6. The monoisotopic (exact) mass is 558 g/mol. The number of rotatable bonds is 9. The summed E-state index contributed by atoms with van der Waals surface area (Å²) in [6.07, 6.45) is 10.5. The van der Waals surface area contributed by atoms with Gasteiger partial charge in [-0.3, -0.25) is 4.68 Å². The Labute approximate surface area is 238 Å². The fourth-order valence-electron chi connectivity index (χ4n) is 5.63. The van der Waals surface area contributed by atoms with Crippen molar-refractivity contribution in [3.8, 4) is 28.3 Å². The van der Waals surface area contributed by atoms with Crippen LogP contribution in [0.4, 0.5) is 21.7 Å². The van der Waals surface area contributed by atoms with Crippen LogP contribution in [0.2, 0.25) is 0 Å². The van der Waals surface area contributed by atoms with Crippen molar-refractivity contribution in [1.82, 2.24) is 30.0 Å². The van der Waals surface area contributed by atoms with E-state index in [0.29, 0.717) is 29.5 Å². The van der Waals surface area contributed by atoms with Gasteiger partial charge in [0.1, 0.15) is 23.2 Å². The van der Waals surface area contributed by atoms with Crippen LogP contribution in [0.25, 0.3) is 22.5 Å². The number of hydrogen-bond donors (Lipinski definition) is 2. The van der Waals surface area contributed by atoms with Gasteiger partial charge in [-0.25, -0.2) is 19.3 Å². The Morgan fingerprint density at radius 2 is 1.98 bits per heavy atom. The predicted octanol–water partition coefficient (Wildman–Crippen LogP) is 4.83. The Hall–Kier alpha value is -4.09. The Bertz CT molecular complexity index is 1490. The zero-order valence-corrected chi connectivity index (χ0v) is 23.4. The van der Waals surface area contributed by atoms with Gasteiger partial charge in [-0.1, -0.05) is 13.0 Å². The third kappa shape index (κ3) is 5.86. The molecule has 41 heavy (non-hydrogen) atoms. The summed E-state index contributed by atoms with van der Waals surface area (Å²) < 4.78 is 27.7. The Kier molecular flexibility index (Phi) is 8.06. The van der Waals surface area contributed by atoms with E-state index in [4.69, 9.17) is 19.6 Å². The molecule has 0 bridgehead atoms. The van der Waals surface area contributed by atoms with Gasteiger partial charge < -0.3 is 25.0 Å². The molecule has 0 spiro atoms. The van der Waals surface area contributed by atoms with E-state index in [1.165, 1.54) is 13.2 Å². The topological polar surface area (TPSA) is 102 Å². The average molecular weight is 559 g/mol. The van der Waals surface area contributed by atoms with Crippen LogP contribution < -0.4 is 20.3 Å². The number of likely N-dealkylation sites (N-methyl/N-ethyl adjacent to an activating group) is 1. The van der Waals surface area contributed by atoms with Crippen LogP contribution in [0.1, 0.15) is 32.2 Å². The molecule has 0 amide bonds. The molecule has 0 radical (unpaired) electrons. The second-order valence-corrected chi connectivity index (χ2v) is 10.3. The summed E-state index contributed by atoms with van der Waals surface area (Å²) in [6, 6.07) is 9.23. The molecule has 2 aliphatic rings. The molecule has 4 aromatic rings. The summed E-state index contributed by atoms with van der Waals surface area (Å²) in [4.78, 5) is 16.0. The fraction of sp³-hybridized carbons (Fsp3) is 0.400. The average Bonchev–Trinajstić information content (AvgIpc) is 3.68. The maximum atomic E-state index is 14.7. The van der Waals surface area contributed by atoms with E-state index in [1.807, 2.05) is 12.4 Å². The van der Waals surface area contributed by atoms with Crippen molar-refractivity contribution in [1.29, 1.82) is 0 Å². The number of anilines is 3. The lowest BCUT2D eigenvalue weighted by molar-refractivity contribution is 0.0662. The number of nitrogens with zero attached hydrogens (tertiary/aromatic N) is 6. The highest BCUT2D eigenvalue weighted by molar-refractivity contribution is 5.80. The molecule has 0 unspecified atom stereocenters. The van der Waals surface area contributed by atoms with Gasteiger partial charge in [0.2, 0.25) is 0 Å². The molecule has 0 saturated carbocycles. The molecule has 2 N–H and O–H groups in total. The minimum Gasteiger partial charge on any atom is -0.496 e. The molecule has 2 aliphatic heterocycles. The maximum absolute atomic E-state index is 14.7. The molecule has 6 rings (SSSR count). The summed E-state index contributed by atoms with van der Waals surface area (Å²) in [5, 5.41) is 11.6. The largest absolute Gasteiger partial charge is 0.496 e. The lowest BCUT2D eigenvalue weighted by atomic mass is 10.1. The highest BCUT2D eigenvalue weighted by Crippen LogP contribution is 2.36. The summed E-state index contributed by atoms with van der Waals surface area (Å²) in [7, 11) is 1.50. The fourth-order valence-corrected chi connectivity index (χ4v) is 5.63. The standard InChI is InChI=1S/C30H35FN8O2/c1-3-32-21-8-12-38(19-21)25-15-28(34-17-23(25)20-16-35-39(18-20)22-9-13-41-14-10-22)36-27-7-11-33-30(37-27)29-24(31)5-4-6-26(29)40-2/h4-7,11,15-18,21-22,32H,3,8-10,12-14,19H2,1-2H3,(H,33,34,36,37)/t21-/m0/s1. The van der Waals surface area contributed by atoms with Crippen LogP contribution in [0.15, 0.2) is 55.1 Å². The number of halogens is 1. The van der Waals surface area contributed by atoms with E-state index in [0.717, 1.165) is 68.9 Å². The SMILES string of the molecule is CCN[C@H]1CCN(c2cc(Nc3ccnc(-c4c(F)cccc4OC)n3)ncc2-c2cnn(C3CCOCC3)c2)C1. The quantitative estimate of drug-likeness (QED) is 0.299. The molecule has 3 aromatic heterocycles. The first-order valence-electron chi connectivity index (χ1n) is 14.2. The van der Waals surface area contributed by atoms with Crippen LogP contribution in [0.3, 0.4) is 0 Å². The summed E-state index contributed by atoms with van der Waals surface area (Å²) >= 11 is 0. The van der Waals surface area contributed by atoms with Crippen molar-refractivity contribution in [3.05, 3.63) is 60.9 Å². The molecule has 10 nitrogen and oxygen atoms in total. The zero-order chi connectivity index (χ0) is 28.2. The second-order valence-electron chi connectivity index (χ2n) is 10.3. The number of methoxy groups -OCH3 is 1. The van der Waals surface area contributed by atoms with Gasteiger partial charge in [-0.15, -0.1) is 0 Å². The molecule has 1 aromatic carbocycles. The minimum absolute atomic E-state index is 0.218. The number of nitrogens with one attached hydrogen (secondary N) is 2. The third-order valence-electron chi connectivity index (χ3n) is 7.71. The maximum Gasteiger partial charge on any atom is 0.168 e. The van der Waals surface area contributed by atoms with E-state index in [-0.39, 0.29) is 11.4 Å². The molecule has 2 fully saturated rings. The van der Waals surface area contributed by atoms with E-state index in [2.05, 4.69) is 49.4 Å². The first kappa shape index (κ1) is 27.1. The number of pyridine rings is 1. The highest BCUT2D eigenvalue weighted by atomic mass is 19.1. The van der Waals surface area contributed by atoms with Gasteiger partial charge in [-0.05, 0) is 44.0 Å². The number of ether oxygens (including phenoxy) is 2. The third-order valence-corrected chi connectivity index (χ3v) is 7.71. The summed E-state index contributed by atoms with van der Waals surface area (Å²) in [5.74, 6) is 1.30. The second kappa shape index (κ2) is 12.2. The van der Waals surface area contributed by atoms with Crippen LogP contribution in [0.5, 0.6) is 5.75 Å². The molecule has 214 valence electrons. The van der Waals surface area contributed by atoms with Crippen molar-refractivity contribution in [3.63, 3.8) is 0 Å². The van der Waals surface area contributed by atoms with Crippen molar-refractivity contribution < 1.29 is 13.9 Å². The van der Waals surface area contributed by atoms with Gasteiger partial charge in [0.15, 0.2) is 5.82 Å². The summed E-state index contributed by atoms with van der Waals surface area (Å²) in [6.45, 7) is 6.45.